The van der Waals surface area contributed by atoms with Crippen LogP contribution in [0.25, 0.3) is 0 Å². The van der Waals surface area contributed by atoms with E-state index in [9.17, 15) is 23.3 Å². The molecule has 1 aromatic carbocycles. The maximum Gasteiger partial charge on any atom is 0.360 e. The first-order chi connectivity index (χ1) is 12.2. The second-order valence-corrected chi connectivity index (χ2v) is 7.40. The monoisotopic (exact) mass is 383 g/mol. The molecule has 0 saturated carbocycles. The zero-order valence-electron chi connectivity index (χ0n) is 14.3. The predicted molar refractivity (Wildman–Crippen MR) is 88.8 cm³/mol. The van der Waals surface area contributed by atoms with Gasteiger partial charge in [0.05, 0.1) is 23.5 Å². The van der Waals surface area contributed by atoms with Crippen molar-refractivity contribution >= 4 is 21.7 Å². The van der Waals surface area contributed by atoms with Crippen LogP contribution in [0.2, 0.25) is 0 Å². The summed E-state index contributed by atoms with van der Waals surface area (Å²) in [5.41, 5.74) is -0.283. The van der Waals surface area contributed by atoms with Crippen LogP contribution in [0.4, 0.5) is 5.69 Å². The molecule has 0 amide bonds. The largest absolute Gasteiger partial charge is 0.464 e. The van der Waals surface area contributed by atoms with E-state index in [-0.39, 0.29) is 28.7 Å². The van der Waals surface area contributed by atoms with Crippen LogP contribution in [-0.2, 0) is 21.3 Å². The number of rotatable bonds is 7. The number of oxazole rings is 1. The van der Waals surface area contributed by atoms with Gasteiger partial charge in [0, 0.05) is 18.2 Å². The first-order valence-corrected chi connectivity index (χ1v) is 8.90. The highest BCUT2D eigenvalue weighted by Gasteiger charge is 2.29. The molecule has 1 aromatic heterocycles. The van der Waals surface area contributed by atoms with Crippen molar-refractivity contribution in [2.24, 2.45) is 0 Å². The Bertz CT molecular complexity index is 904. The van der Waals surface area contributed by atoms with Crippen molar-refractivity contribution in [3.8, 4) is 0 Å². The van der Waals surface area contributed by atoms with Gasteiger partial charge in [-0.2, -0.15) is 4.31 Å². The smallest absolute Gasteiger partial charge is 0.360 e. The summed E-state index contributed by atoms with van der Waals surface area (Å²) < 4.78 is 36.5. The van der Waals surface area contributed by atoms with Crippen molar-refractivity contribution in [1.82, 2.24) is 9.29 Å². The molecule has 10 nitrogen and oxygen atoms in total. The maximum absolute atomic E-state index is 12.9. The average molecular weight is 383 g/mol. The van der Waals surface area contributed by atoms with Crippen LogP contribution in [0, 0.1) is 10.1 Å². The number of carbonyl (C=O) groups is 1. The second kappa shape index (κ2) is 7.62. The zero-order valence-corrected chi connectivity index (χ0v) is 15.1. The van der Waals surface area contributed by atoms with E-state index in [2.05, 4.69) is 9.72 Å². The lowest BCUT2D eigenvalue weighted by atomic mass is 10.3. The summed E-state index contributed by atoms with van der Waals surface area (Å²) in [6.45, 7) is 3.11. The SMILES string of the molecule is COC(=O)c1coc(CN(C(C)C)S(=O)(=O)c2ccc([N+](=O)[O-])cc2)n1. The molecule has 2 aromatic rings. The lowest BCUT2D eigenvalue weighted by Crippen LogP contribution is -2.36. The molecule has 2 rings (SSSR count). The van der Waals surface area contributed by atoms with Crippen molar-refractivity contribution in [2.45, 2.75) is 31.3 Å². The number of carbonyl (C=O) groups excluding carboxylic acids is 1. The molecule has 0 unspecified atom stereocenters. The molecule has 0 radical (unpaired) electrons. The molecule has 140 valence electrons. The minimum Gasteiger partial charge on any atom is -0.464 e. The number of hydrogen-bond donors (Lipinski definition) is 0. The Labute approximate surface area is 149 Å². The average Bonchev–Trinajstić information content (AvgIpc) is 3.07. The number of hydrogen-bond acceptors (Lipinski definition) is 8. The van der Waals surface area contributed by atoms with Crippen LogP contribution in [0.5, 0.6) is 0 Å². The van der Waals surface area contributed by atoms with Gasteiger partial charge in [-0.1, -0.05) is 0 Å². The van der Waals surface area contributed by atoms with Gasteiger partial charge in [0.15, 0.2) is 5.69 Å². The van der Waals surface area contributed by atoms with E-state index in [4.69, 9.17) is 4.42 Å². The highest BCUT2D eigenvalue weighted by molar-refractivity contribution is 7.89. The fraction of sp³-hybridized carbons (Fsp3) is 0.333. The molecule has 0 saturated heterocycles. The van der Waals surface area contributed by atoms with Gasteiger partial charge in [-0.25, -0.2) is 18.2 Å². The van der Waals surface area contributed by atoms with Crippen LogP contribution < -0.4 is 0 Å². The fourth-order valence-corrected chi connectivity index (χ4v) is 3.72. The second-order valence-electron chi connectivity index (χ2n) is 5.51. The normalized spacial score (nSPS) is 11.7. The minimum absolute atomic E-state index is 0.0181. The molecular weight excluding hydrogens is 366 g/mol. The molecule has 0 aliphatic heterocycles. The summed E-state index contributed by atoms with van der Waals surface area (Å²) in [7, 11) is -2.77. The lowest BCUT2D eigenvalue weighted by Gasteiger charge is -2.24. The lowest BCUT2D eigenvalue weighted by molar-refractivity contribution is -0.384. The maximum atomic E-state index is 12.9. The molecule has 0 aliphatic carbocycles. The summed E-state index contributed by atoms with van der Waals surface area (Å²) >= 11 is 0. The van der Waals surface area contributed by atoms with Gasteiger partial charge >= 0.3 is 5.97 Å². The Balaban J connectivity index is 2.31. The Morgan fingerprint density at radius 2 is 1.96 bits per heavy atom. The number of sulfonamides is 1. The van der Waals surface area contributed by atoms with E-state index in [1.54, 1.807) is 13.8 Å². The third-order valence-electron chi connectivity index (χ3n) is 3.47. The van der Waals surface area contributed by atoms with E-state index >= 15 is 0 Å². The van der Waals surface area contributed by atoms with Crippen molar-refractivity contribution in [3.63, 3.8) is 0 Å². The summed E-state index contributed by atoms with van der Waals surface area (Å²) in [6, 6.07) is 4.11. The number of aromatic nitrogens is 1. The highest BCUT2D eigenvalue weighted by atomic mass is 32.2. The van der Waals surface area contributed by atoms with Gasteiger partial charge in [-0.05, 0) is 26.0 Å². The van der Waals surface area contributed by atoms with E-state index in [1.165, 1.54) is 7.11 Å². The van der Waals surface area contributed by atoms with Crippen molar-refractivity contribution in [3.05, 3.63) is 52.2 Å². The van der Waals surface area contributed by atoms with Crippen molar-refractivity contribution in [2.75, 3.05) is 7.11 Å². The number of ether oxygens (including phenoxy) is 1. The first kappa shape index (κ1) is 19.5. The molecule has 0 atom stereocenters. The molecule has 0 fully saturated rings. The van der Waals surface area contributed by atoms with Crippen molar-refractivity contribution < 1.29 is 27.3 Å². The quantitative estimate of drug-likeness (QED) is 0.402. The Kier molecular flexibility index (Phi) is 5.73. The van der Waals surface area contributed by atoms with Crippen LogP contribution >= 0.6 is 0 Å². The van der Waals surface area contributed by atoms with E-state index in [0.717, 1.165) is 34.8 Å². The van der Waals surface area contributed by atoms with E-state index in [1.807, 2.05) is 0 Å². The van der Waals surface area contributed by atoms with Gasteiger partial charge in [0.25, 0.3) is 5.69 Å². The number of non-ortho nitro benzene ring substituents is 1. The number of methoxy groups -OCH3 is 1. The van der Waals surface area contributed by atoms with Gasteiger partial charge < -0.3 is 9.15 Å². The third kappa shape index (κ3) is 4.06. The molecule has 0 bridgehead atoms. The number of nitrogens with zero attached hydrogens (tertiary/aromatic N) is 3. The molecule has 0 N–H and O–H groups in total. The predicted octanol–water partition coefficient (Wildman–Crippen LogP) is 1.97. The third-order valence-corrected chi connectivity index (χ3v) is 5.50. The Hall–Kier alpha value is -2.79. The van der Waals surface area contributed by atoms with Crippen LogP contribution in [0.15, 0.2) is 39.8 Å². The first-order valence-electron chi connectivity index (χ1n) is 7.46. The molecule has 1 heterocycles. The summed E-state index contributed by atoms with van der Waals surface area (Å²) in [5, 5.41) is 10.7. The highest BCUT2D eigenvalue weighted by Crippen LogP contribution is 2.23. The number of benzene rings is 1. The summed E-state index contributed by atoms with van der Waals surface area (Å²) in [5.74, 6) is -0.682. The van der Waals surface area contributed by atoms with Crippen LogP contribution in [0.3, 0.4) is 0 Å². The standard InChI is InChI=1S/C15H17N3O7S/c1-10(2)17(8-14-16-13(9-25-14)15(19)24-3)26(22,23)12-6-4-11(5-7-12)18(20)21/h4-7,9-10H,8H2,1-3H3. The number of nitro groups is 1. The summed E-state index contributed by atoms with van der Waals surface area (Å²) in [6.07, 6.45) is 1.08. The molecule has 0 spiro atoms. The van der Waals surface area contributed by atoms with Gasteiger partial charge in [0.2, 0.25) is 15.9 Å². The van der Waals surface area contributed by atoms with Crippen molar-refractivity contribution in [1.29, 1.82) is 0 Å². The number of esters is 1. The number of nitro benzene ring substituents is 1. The fourth-order valence-electron chi connectivity index (χ4n) is 2.14. The molecule has 26 heavy (non-hydrogen) atoms. The van der Waals surface area contributed by atoms with E-state index in [0.29, 0.717) is 0 Å². The Morgan fingerprint density at radius 1 is 1.35 bits per heavy atom. The zero-order chi connectivity index (χ0) is 19.5. The molecule has 11 heteroatoms. The topological polar surface area (TPSA) is 133 Å². The van der Waals surface area contributed by atoms with Gasteiger partial charge in [-0.3, -0.25) is 10.1 Å². The molecular formula is C15H17N3O7S. The van der Waals surface area contributed by atoms with Gasteiger partial charge in [0.1, 0.15) is 6.26 Å². The van der Waals surface area contributed by atoms with Crippen LogP contribution in [-0.4, -0.2) is 41.8 Å². The Morgan fingerprint density at radius 3 is 2.46 bits per heavy atom. The molecule has 0 aliphatic rings. The van der Waals surface area contributed by atoms with Gasteiger partial charge in [-0.15, -0.1) is 0 Å². The minimum atomic E-state index is -3.96. The van der Waals surface area contributed by atoms with Crippen LogP contribution in [0.1, 0.15) is 30.2 Å². The summed E-state index contributed by atoms with van der Waals surface area (Å²) in [4.78, 5) is 25.3. The van der Waals surface area contributed by atoms with E-state index < -0.39 is 27.0 Å².